The minimum absolute atomic E-state index is 0.127. The van der Waals surface area contributed by atoms with Crippen molar-refractivity contribution < 1.29 is 36.6 Å². The van der Waals surface area contributed by atoms with E-state index in [-0.39, 0.29) is 46.3 Å². The molecule has 3 aromatic rings. The highest BCUT2D eigenvalue weighted by atomic mass is 35.5. The summed E-state index contributed by atoms with van der Waals surface area (Å²) < 4.78 is 63.0. The molecule has 3 heterocycles. The van der Waals surface area contributed by atoms with E-state index in [0.29, 0.717) is 5.52 Å². The molecule has 0 saturated heterocycles. The lowest BCUT2D eigenvalue weighted by Crippen LogP contribution is -2.25. The van der Waals surface area contributed by atoms with E-state index in [1.165, 1.54) is 18.2 Å². The summed E-state index contributed by atoms with van der Waals surface area (Å²) >= 11 is 5.90. The highest BCUT2D eigenvalue weighted by Crippen LogP contribution is 2.42. The Morgan fingerprint density at radius 3 is 2.63 bits per heavy atom. The average Bonchev–Trinajstić information content (AvgIpc) is 3.15. The van der Waals surface area contributed by atoms with Crippen LogP contribution in [0, 0.1) is 0 Å². The molecule has 8 nitrogen and oxygen atoms in total. The number of hydrogen-bond acceptors (Lipinski definition) is 6. The number of fused-ring (bicyclic) bond motifs is 2. The van der Waals surface area contributed by atoms with Crippen molar-refractivity contribution >= 4 is 38.6 Å². The van der Waals surface area contributed by atoms with Crippen LogP contribution in [0.2, 0.25) is 5.15 Å². The van der Waals surface area contributed by atoms with Crippen LogP contribution in [0.1, 0.15) is 18.5 Å². The van der Waals surface area contributed by atoms with Crippen LogP contribution in [0.3, 0.4) is 0 Å². The van der Waals surface area contributed by atoms with Gasteiger partial charge in [0.05, 0.1) is 15.9 Å². The summed E-state index contributed by atoms with van der Waals surface area (Å²) in [6.07, 6.45) is -3.73. The zero-order chi connectivity index (χ0) is 21.7. The van der Waals surface area contributed by atoms with Gasteiger partial charge in [0.15, 0.2) is 11.5 Å². The van der Waals surface area contributed by atoms with Crippen molar-refractivity contribution in [3.63, 3.8) is 0 Å². The topological polar surface area (TPSA) is 108 Å². The Balaban J connectivity index is 1.82. The van der Waals surface area contributed by atoms with Crippen molar-refractivity contribution in [1.29, 1.82) is 0 Å². The van der Waals surface area contributed by atoms with Gasteiger partial charge >= 0.3 is 12.3 Å². The number of alkyl halides is 2. The fourth-order valence-electron chi connectivity index (χ4n) is 3.17. The molecule has 0 amide bonds. The number of carbonyl (C=O) groups is 1. The minimum atomic E-state index is -4.27. The smallest absolute Gasteiger partial charge is 0.481 e. The first kappa shape index (κ1) is 20.4. The van der Waals surface area contributed by atoms with Gasteiger partial charge in [-0.05, 0) is 43.2 Å². The maximum absolute atomic E-state index is 13.4. The molecule has 0 fully saturated rings. The summed E-state index contributed by atoms with van der Waals surface area (Å²) in [6, 6.07) is 7.52. The van der Waals surface area contributed by atoms with Crippen LogP contribution < -0.4 is 9.47 Å². The molecule has 1 N–H and O–H groups in total. The van der Waals surface area contributed by atoms with Crippen molar-refractivity contribution in [3.8, 4) is 11.5 Å². The van der Waals surface area contributed by atoms with E-state index in [9.17, 15) is 22.0 Å². The van der Waals surface area contributed by atoms with Crippen molar-refractivity contribution in [2.75, 3.05) is 0 Å². The normalized spacial score (nSPS) is 14.9. The number of hydrogen-bond donors (Lipinski definition) is 1. The minimum Gasteiger partial charge on any atom is -0.481 e. The van der Waals surface area contributed by atoms with Gasteiger partial charge in [0.25, 0.3) is 10.0 Å². The van der Waals surface area contributed by atoms with Crippen LogP contribution in [0.4, 0.5) is 8.78 Å². The number of pyridine rings is 1. The number of benzene rings is 1. The third kappa shape index (κ3) is 3.65. The lowest BCUT2D eigenvalue weighted by Gasteiger charge is -2.12. The zero-order valence-electron chi connectivity index (χ0n) is 15.0. The third-order valence-corrected chi connectivity index (χ3v) is 6.36. The lowest BCUT2D eigenvalue weighted by molar-refractivity contribution is -0.286. The molecule has 0 radical (unpaired) electrons. The first-order valence-corrected chi connectivity index (χ1v) is 10.4. The molecule has 30 heavy (non-hydrogen) atoms. The van der Waals surface area contributed by atoms with Gasteiger partial charge in [-0.3, -0.25) is 4.79 Å². The van der Waals surface area contributed by atoms with E-state index in [2.05, 4.69) is 14.5 Å². The van der Waals surface area contributed by atoms with Crippen molar-refractivity contribution in [2.45, 2.75) is 30.5 Å². The molecule has 0 atom stereocenters. The van der Waals surface area contributed by atoms with E-state index in [1.807, 2.05) is 0 Å². The number of ether oxygens (including phenoxy) is 2. The molecule has 1 aliphatic rings. The van der Waals surface area contributed by atoms with Gasteiger partial charge in [-0.25, -0.2) is 17.4 Å². The lowest BCUT2D eigenvalue weighted by atomic mass is 10.2. The second-order valence-corrected chi connectivity index (χ2v) is 8.64. The number of carboxylic acid groups (broad SMARTS) is 1. The van der Waals surface area contributed by atoms with Gasteiger partial charge in [0.1, 0.15) is 5.15 Å². The van der Waals surface area contributed by atoms with Crippen LogP contribution in [0.25, 0.3) is 11.0 Å². The Bertz CT molecular complexity index is 1280. The van der Waals surface area contributed by atoms with E-state index in [0.717, 1.165) is 22.2 Å². The zero-order valence-corrected chi connectivity index (χ0v) is 16.6. The monoisotopic (exact) mass is 458 g/mol. The quantitative estimate of drug-likeness (QED) is 0.561. The summed E-state index contributed by atoms with van der Waals surface area (Å²) in [6.45, 7) is 0. The van der Waals surface area contributed by atoms with Crippen molar-refractivity contribution in [2.24, 2.45) is 0 Å². The maximum Gasteiger partial charge on any atom is 0.586 e. The molecule has 0 spiro atoms. The summed E-state index contributed by atoms with van der Waals surface area (Å²) in [7, 11) is -4.27. The van der Waals surface area contributed by atoms with Crippen LogP contribution in [0.15, 0.2) is 41.3 Å². The Kier molecular flexibility index (Phi) is 4.82. The average molecular weight is 459 g/mol. The number of carboxylic acids is 1. The maximum atomic E-state index is 13.4. The van der Waals surface area contributed by atoms with Gasteiger partial charge in [-0.2, -0.15) is 0 Å². The summed E-state index contributed by atoms with van der Waals surface area (Å²) in [5, 5.41) is 9.02. The first-order chi connectivity index (χ1) is 14.1. The summed E-state index contributed by atoms with van der Waals surface area (Å²) in [5.74, 6) is -1.71. The molecule has 158 valence electrons. The Hall–Kier alpha value is -2.92. The van der Waals surface area contributed by atoms with E-state index in [1.54, 1.807) is 0 Å². The van der Waals surface area contributed by atoms with Crippen molar-refractivity contribution in [3.05, 3.63) is 47.2 Å². The highest BCUT2D eigenvalue weighted by Gasteiger charge is 2.44. The van der Waals surface area contributed by atoms with Gasteiger partial charge in [-0.1, -0.05) is 11.6 Å². The molecule has 2 aromatic heterocycles. The molecule has 0 saturated carbocycles. The molecule has 12 heteroatoms. The standard InChI is InChI=1S/C18H13ClF2N2O6S/c19-16-7-5-13-12(22-16)8-10(2-1-3-17(24)25)23(13)30(26,27)11-4-6-14-15(9-11)29-18(20,21)28-14/h4-9H,1-3H2,(H,24,25). The Labute approximate surface area is 173 Å². The van der Waals surface area contributed by atoms with Crippen LogP contribution in [-0.2, 0) is 21.2 Å². The fraction of sp³-hybridized carbons (Fsp3) is 0.222. The summed E-state index contributed by atoms with van der Waals surface area (Å²) in [5.41, 5.74) is 0.792. The SMILES string of the molecule is O=C(O)CCCc1cc2nc(Cl)ccc2n1S(=O)(=O)c1ccc2c(c1)OC(F)(F)O2. The van der Waals surface area contributed by atoms with Crippen LogP contribution in [0.5, 0.6) is 11.5 Å². The number of aryl methyl sites for hydroxylation is 1. The third-order valence-electron chi connectivity index (χ3n) is 4.39. The second kappa shape index (κ2) is 7.10. The predicted molar refractivity (Wildman–Crippen MR) is 101 cm³/mol. The molecular weight excluding hydrogens is 446 g/mol. The number of nitrogens with zero attached hydrogens (tertiary/aromatic N) is 2. The van der Waals surface area contributed by atoms with E-state index >= 15 is 0 Å². The van der Waals surface area contributed by atoms with Gasteiger partial charge in [-0.15, -0.1) is 8.78 Å². The van der Waals surface area contributed by atoms with Gasteiger partial charge < -0.3 is 14.6 Å². The Morgan fingerprint density at radius 2 is 1.90 bits per heavy atom. The molecule has 0 aliphatic carbocycles. The molecule has 1 aliphatic heterocycles. The molecular formula is C18H13ClF2N2O6S. The van der Waals surface area contributed by atoms with Gasteiger partial charge in [0, 0.05) is 18.2 Å². The largest absolute Gasteiger partial charge is 0.586 e. The molecule has 1 aromatic carbocycles. The van der Waals surface area contributed by atoms with E-state index < -0.39 is 28.0 Å². The first-order valence-electron chi connectivity index (χ1n) is 8.61. The number of aliphatic carboxylic acids is 1. The number of halogens is 3. The highest BCUT2D eigenvalue weighted by molar-refractivity contribution is 7.90. The second-order valence-electron chi connectivity index (χ2n) is 6.47. The number of aromatic nitrogens is 2. The van der Waals surface area contributed by atoms with E-state index in [4.69, 9.17) is 16.7 Å². The predicted octanol–water partition coefficient (Wildman–Crippen LogP) is 3.66. The molecule has 4 rings (SSSR count). The molecule has 0 unspecified atom stereocenters. The van der Waals surface area contributed by atoms with Gasteiger partial charge in [0.2, 0.25) is 0 Å². The van der Waals surface area contributed by atoms with Crippen molar-refractivity contribution in [1.82, 2.24) is 8.96 Å². The summed E-state index contributed by atoms with van der Waals surface area (Å²) in [4.78, 5) is 14.6. The fourth-order valence-corrected chi connectivity index (χ4v) is 4.89. The number of rotatable bonds is 6. The molecule has 0 bridgehead atoms. The Morgan fingerprint density at radius 1 is 1.17 bits per heavy atom. The van der Waals surface area contributed by atoms with Crippen LogP contribution in [-0.4, -0.2) is 34.7 Å². The van der Waals surface area contributed by atoms with Crippen LogP contribution >= 0.6 is 11.6 Å².